The van der Waals surface area contributed by atoms with Crippen molar-refractivity contribution in [3.63, 3.8) is 0 Å². The van der Waals surface area contributed by atoms with Gasteiger partial charge in [0.25, 0.3) is 5.69 Å². The molecule has 6 heteroatoms. The second-order valence-corrected chi connectivity index (χ2v) is 7.51. The van der Waals surface area contributed by atoms with Gasteiger partial charge in [-0.2, -0.15) is 0 Å². The van der Waals surface area contributed by atoms with Gasteiger partial charge in [0, 0.05) is 29.7 Å². The van der Waals surface area contributed by atoms with E-state index in [1.807, 2.05) is 49.4 Å². The Bertz CT molecular complexity index is 1160. The number of carbonyl (C=O) groups is 1. The highest BCUT2D eigenvalue weighted by molar-refractivity contribution is 7.21. The summed E-state index contributed by atoms with van der Waals surface area (Å²) in [6.45, 7) is 2.00. The lowest BCUT2D eigenvalue weighted by Gasteiger charge is -2.09. The van der Waals surface area contributed by atoms with E-state index in [9.17, 15) is 14.9 Å². The van der Waals surface area contributed by atoms with Crippen molar-refractivity contribution < 1.29 is 9.72 Å². The van der Waals surface area contributed by atoms with E-state index in [1.54, 1.807) is 11.3 Å². The van der Waals surface area contributed by atoms with Gasteiger partial charge in [0.1, 0.15) is 5.01 Å². The monoisotopic (exact) mass is 388 g/mol. The van der Waals surface area contributed by atoms with Gasteiger partial charge in [0.15, 0.2) is 5.78 Å². The molecule has 0 aliphatic heterocycles. The molecule has 28 heavy (non-hydrogen) atoms. The third-order valence-electron chi connectivity index (χ3n) is 4.72. The van der Waals surface area contributed by atoms with Gasteiger partial charge in [-0.05, 0) is 42.3 Å². The summed E-state index contributed by atoms with van der Waals surface area (Å²) in [5.41, 5.74) is 4.39. The highest BCUT2D eigenvalue weighted by Gasteiger charge is 2.15. The molecule has 0 aliphatic carbocycles. The Hall–Kier alpha value is -3.38. The zero-order chi connectivity index (χ0) is 19.7. The molecule has 3 aromatic carbocycles. The molecule has 5 nitrogen and oxygen atoms in total. The lowest BCUT2D eigenvalue weighted by atomic mass is 9.96. The fourth-order valence-electron chi connectivity index (χ4n) is 3.14. The predicted octanol–water partition coefficient (Wildman–Crippen LogP) is 5.61. The van der Waals surface area contributed by atoms with Crippen LogP contribution in [0.25, 0.3) is 20.8 Å². The van der Waals surface area contributed by atoms with Crippen LogP contribution in [0.3, 0.4) is 0 Å². The van der Waals surface area contributed by atoms with E-state index >= 15 is 0 Å². The topological polar surface area (TPSA) is 73.1 Å². The van der Waals surface area contributed by atoms with Gasteiger partial charge in [-0.25, -0.2) is 4.98 Å². The average molecular weight is 388 g/mol. The molecular formula is C22H16N2O3S. The van der Waals surface area contributed by atoms with E-state index in [0.29, 0.717) is 5.56 Å². The van der Waals surface area contributed by atoms with Crippen molar-refractivity contribution >= 4 is 33.0 Å². The number of aromatic nitrogens is 1. The Morgan fingerprint density at radius 2 is 1.79 bits per heavy atom. The lowest BCUT2D eigenvalue weighted by molar-refractivity contribution is -0.384. The molecule has 138 valence electrons. The van der Waals surface area contributed by atoms with Crippen molar-refractivity contribution in [1.82, 2.24) is 4.98 Å². The number of ketones is 1. The maximum absolute atomic E-state index is 12.7. The van der Waals surface area contributed by atoms with Crippen LogP contribution < -0.4 is 0 Å². The van der Waals surface area contributed by atoms with Crippen LogP contribution in [-0.4, -0.2) is 15.7 Å². The van der Waals surface area contributed by atoms with Crippen molar-refractivity contribution in [2.75, 3.05) is 0 Å². The molecule has 0 aliphatic rings. The highest BCUT2D eigenvalue weighted by Crippen LogP contribution is 2.33. The standard InChI is InChI=1S/C22H16N2O3S/c1-14-16(13-20(25)15-9-11-17(12-10-15)24(26)27)5-4-6-18(14)22-23-19-7-2-3-8-21(19)28-22/h2-12H,13H2,1H3. The maximum Gasteiger partial charge on any atom is 0.269 e. The van der Waals surface area contributed by atoms with Crippen molar-refractivity contribution in [3.8, 4) is 10.6 Å². The molecule has 4 rings (SSSR count). The van der Waals surface area contributed by atoms with Crippen LogP contribution in [0.1, 0.15) is 21.5 Å². The molecule has 0 spiro atoms. The first-order valence-corrected chi connectivity index (χ1v) is 9.56. The number of hydrogen-bond donors (Lipinski definition) is 0. The summed E-state index contributed by atoms with van der Waals surface area (Å²) in [5.74, 6) is -0.0700. The summed E-state index contributed by atoms with van der Waals surface area (Å²) in [7, 11) is 0. The number of benzene rings is 3. The van der Waals surface area contributed by atoms with Gasteiger partial charge in [0.05, 0.1) is 15.1 Å². The van der Waals surface area contributed by atoms with Crippen LogP contribution in [-0.2, 0) is 6.42 Å². The van der Waals surface area contributed by atoms with E-state index in [4.69, 9.17) is 4.98 Å². The van der Waals surface area contributed by atoms with Gasteiger partial charge >= 0.3 is 0 Å². The molecule has 4 aromatic rings. The number of Topliss-reactive ketones (excluding diaryl/α,β-unsaturated/α-hetero) is 1. The molecule has 0 radical (unpaired) electrons. The van der Waals surface area contributed by atoms with Crippen LogP contribution >= 0.6 is 11.3 Å². The smallest absolute Gasteiger partial charge is 0.269 e. The molecule has 0 atom stereocenters. The first kappa shape index (κ1) is 18.0. The molecule has 0 saturated carbocycles. The average Bonchev–Trinajstić information content (AvgIpc) is 3.13. The second-order valence-electron chi connectivity index (χ2n) is 6.48. The van der Waals surface area contributed by atoms with E-state index < -0.39 is 4.92 Å². The Labute approximate surface area is 165 Å². The summed E-state index contributed by atoms with van der Waals surface area (Å²) >= 11 is 1.63. The van der Waals surface area contributed by atoms with E-state index in [2.05, 4.69) is 0 Å². The molecule has 0 saturated heterocycles. The maximum atomic E-state index is 12.7. The van der Waals surface area contributed by atoms with Gasteiger partial charge < -0.3 is 0 Å². The number of carbonyl (C=O) groups excluding carboxylic acids is 1. The minimum absolute atomic E-state index is 0.0226. The Balaban J connectivity index is 1.63. The van der Waals surface area contributed by atoms with Crippen molar-refractivity contribution in [3.05, 3.63) is 93.5 Å². The van der Waals surface area contributed by atoms with Gasteiger partial charge in [0.2, 0.25) is 0 Å². The van der Waals surface area contributed by atoms with Crippen molar-refractivity contribution in [1.29, 1.82) is 0 Å². The summed E-state index contributed by atoms with van der Waals surface area (Å²) in [6, 6.07) is 19.6. The second kappa shape index (κ2) is 7.32. The predicted molar refractivity (Wildman–Crippen MR) is 111 cm³/mol. The van der Waals surface area contributed by atoms with E-state index in [0.717, 1.165) is 31.9 Å². The summed E-state index contributed by atoms with van der Waals surface area (Å²) < 4.78 is 1.13. The zero-order valence-electron chi connectivity index (χ0n) is 15.1. The fourth-order valence-corrected chi connectivity index (χ4v) is 4.19. The normalized spacial score (nSPS) is 10.9. The first-order chi connectivity index (χ1) is 13.5. The number of fused-ring (bicyclic) bond motifs is 1. The summed E-state index contributed by atoms with van der Waals surface area (Å²) in [4.78, 5) is 27.7. The molecule has 0 unspecified atom stereocenters. The van der Waals surface area contributed by atoms with Gasteiger partial charge in [-0.3, -0.25) is 14.9 Å². The van der Waals surface area contributed by atoms with Gasteiger partial charge in [-0.1, -0.05) is 30.3 Å². The number of nitrogens with zero attached hydrogens (tertiary/aromatic N) is 2. The molecule has 0 bridgehead atoms. The number of nitro groups is 1. The molecule has 0 fully saturated rings. The lowest BCUT2D eigenvalue weighted by Crippen LogP contribution is -2.05. The number of para-hydroxylation sites is 1. The Morgan fingerprint density at radius 3 is 2.50 bits per heavy atom. The number of non-ortho nitro benzene ring substituents is 1. The molecule has 0 N–H and O–H groups in total. The Kier molecular flexibility index (Phi) is 4.71. The quantitative estimate of drug-likeness (QED) is 0.253. The Morgan fingerprint density at radius 1 is 1.04 bits per heavy atom. The largest absolute Gasteiger partial charge is 0.294 e. The SMILES string of the molecule is Cc1c(CC(=O)c2ccc([N+](=O)[O-])cc2)cccc1-c1nc2ccccc2s1. The van der Waals surface area contributed by atoms with Crippen LogP contribution in [0.2, 0.25) is 0 Å². The van der Waals surface area contributed by atoms with Crippen molar-refractivity contribution in [2.24, 2.45) is 0 Å². The minimum Gasteiger partial charge on any atom is -0.294 e. The van der Waals surface area contributed by atoms with Crippen LogP contribution in [0.15, 0.2) is 66.7 Å². The molecule has 1 heterocycles. The highest BCUT2D eigenvalue weighted by atomic mass is 32.1. The third-order valence-corrected chi connectivity index (χ3v) is 5.79. The fraction of sp³-hybridized carbons (Fsp3) is 0.0909. The number of thiazole rings is 1. The summed E-state index contributed by atoms with van der Waals surface area (Å²) in [5, 5.41) is 11.7. The van der Waals surface area contributed by atoms with Crippen molar-refractivity contribution in [2.45, 2.75) is 13.3 Å². The van der Waals surface area contributed by atoms with Crippen LogP contribution in [0.4, 0.5) is 5.69 Å². The van der Waals surface area contributed by atoms with E-state index in [1.165, 1.54) is 24.3 Å². The van der Waals surface area contributed by atoms with Crippen LogP contribution in [0.5, 0.6) is 0 Å². The van der Waals surface area contributed by atoms with E-state index in [-0.39, 0.29) is 17.9 Å². The first-order valence-electron chi connectivity index (χ1n) is 8.75. The minimum atomic E-state index is -0.472. The number of nitro benzene ring substituents is 1. The number of hydrogen-bond acceptors (Lipinski definition) is 5. The summed E-state index contributed by atoms with van der Waals surface area (Å²) in [6.07, 6.45) is 0.238. The molecule has 0 amide bonds. The third kappa shape index (κ3) is 3.42. The van der Waals surface area contributed by atoms with Crippen LogP contribution in [0, 0.1) is 17.0 Å². The number of rotatable bonds is 5. The molecular weight excluding hydrogens is 372 g/mol. The van der Waals surface area contributed by atoms with Gasteiger partial charge in [-0.15, -0.1) is 11.3 Å². The molecule has 1 aromatic heterocycles. The zero-order valence-corrected chi connectivity index (χ0v) is 15.9.